The molecule has 0 amide bonds. The zero-order valence-corrected chi connectivity index (χ0v) is 10.1. The number of ketones is 1. The van der Waals surface area contributed by atoms with Gasteiger partial charge in [-0.15, -0.1) is 0 Å². The maximum absolute atomic E-state index is 12.1. The third kappa shape index (κ3) is 2.65. The number of halogens is 1. The van der Waals surface area contributed by atoms with Gasteiger partial charge in [-0.05, 0) is 34.8 Å². The molecule has 0 aromatic carbocycles. The number of hydrogen-bond donors (Lipinski definition) is 0. The highest BCUT2D eigenvalue weighted by atomic mass is 79.9. The Kier molecular flexibility index (Phi) is 3.52. The Morgan fingerprint density at radius 2 is 1.93 bits per heavy atom. The molecule has 1 radical (unpaired) electrons. The minimum atomic E-state index is 0.184. The molecule has 1 aliphatic carbocycles. The molecule has 1 aliphatic rings. The van der Waals surface area contributed by atoms with Crippen LogP contribution in [-0.4, -0.2) is 10.8 Å². The van der Waals surface area contributed by atoms with Crippen molar-refractivity contribution in [2.45, 2.75) is 32.1 Å². The zero-order valence-electron chi connectivity index (χ0n) is 8.50. The molecule has 15 heavy (non-hydrogen) atoms. The topological polar surface area (TPSA) is 30.0 Å². The fraction of sp³-hybridized carbons (Fsp3) is 0.417. The molecule has 1 saturated carbocycles. The first-order chi connectivity index (χ1) is 7.27. The van der Waals surface area contributed by atoms with Gasteiger partial charge in [-0.3, -0.25) is 9.78 Å². The standard InChI is InChI=1S/C12H13BrNO/c13-11-6-10(7-14-8-11)12(15)9-4-2-1-3-5-9/h6-8H,1-5H2. The summed E-state index contributed by atoms with van der Waals surface area (Å²) in [6.45, 7) is 0. The molecule has 79 valence electrons. The van der Waals surface area contributed by atoms with E-state index in [4.69, 9.17) is 0 Å². The molecular weight excluding hydrogens is 254 g/mol. The number of Topliss-reactive ketones (excluding diaryl/α,β-unsaturated/α-hetero) is 1. The fourth-order valence-corrected chi connectivity index (χ4v) is 2.31. The smallest absolute Gasteiger partial charge is 0.171 e. The van der Waals surface area contributed by atoms with E-state index < -0.39 is 0 Å². The maximum Gasteiger partial charge on any atom is 0.171 e. The van der Waals surface area contributed by atoms with Crippen LogP contribution in [-0.2, 0) is 0 Å². The highest BCUT2D eigenvalue weighted by Gasteiger charge is 2.23. The van der Waals surface area contributed by atoms with Gasteiger partial charge in [-0.1, -0.05) is 19.3 Å². The number of pyridine rings is 1. The van der Waals surface area contributed by atoms with Gasteiger partial charge in [-0.25, -0.2) is 0 Å². The molecule has 0 spiro atoms. The van der Waals surface area contributed by atoms with E-state index in [2.05, 4.69) is 20.9 Å². The molecule has 3 heteroatoms. The number of rotatable bonds is 2. The predicted octanol–water partition coefficient (Wildman–Crippen LogP) is 3.57. The Hall–Kier alpha value is -0.700. The monoisotopic (exact) mass is 266 g/mol. The lowest BCUT2D eigenvalue weighted by molar-refractivity contribution is 0.0989. The van der Waals surface area contributed by atoms with Gasteiger partial charge in [-0.2, -0.15) is 0 Å². The van der Waals surface area contributed by atoms with Crippen molar-refractivity contribution in [2.24, 2.45) is 0 Å². The van der Waals surface area contributed by atoms with Crippen molar-refractivity contribution in [1.82, 2.24) is 4.98 Å². The van der Waals surface area contributed by atoms with E-state index in [0.717, 1.165) is 36.1 Å². The molecule has 0 atom stereocenters. The second-order valence-electron chi connectivity index (χ2n) is 3.89. The van der Waals surface area contributed by atoms with Crippen LogP contribution >= 0.6 is 15.9 Å². The van der Waals surface area contributed by atoms with E-state index in [1.54, 1.807) is 12.4 Å². The van der Waals surface area contributed by atoms with Crippen LogP contribution in [0.3, 0.4) is 0 Å². The second-order valence-corrected chi connectivity index (χ2v) is 4.80. The number of nitrogens with zero attached hydrogens (tertiary/aromatic N) is 1. The van der Waals surface area contributed by atoms with Crippen molar-refractivity contribution >= 4 is 21.7 Å². The highest BCUT2D eigenvalue weighted by Crippen LogP contribution is 2.28. The lowest BCUT2D eigenvalue weighted by Crippen LogP contribution is -2.15. The molecule has 0 unspecified atom stereocenters. The summed E-state index contributed by atoms with van der Waals surface area (Å²) in [5.41, 5.74) is 0.710. The zero-order chi connectivity index (χ0) is 10.7. The highest BCUT2D eigenvalue weighted by molar-refractivity contribution is 9.10. The van der Waals surface area contributed by atoms with E-state index in [9.17, 15) is 4.79 Å². The molecule has 0 N–H and O–H groups in total. The summed E-state index contributed by atoms with van der Waals surface area (Å²) < 4.78 is 0.866. The van der Waals surface area contributed by atoms with Crippen LogP contribution in [0.2, 0.25) is 0 Å². The molecule has 1 heterocycles. The Labute approximate surface area is 98.2 Å². The van der Waals surface area contributed by atoms with Crippen molar-refractivity contribution < 1.29 is 4.79 Å². The van der Waals surface area contributed by atoms with E-state index in [1.807, 2.05) is 6.07 Å². The summed E-state index contributed by atoms with van der Waals surface area (Å²) in [5.74, 6) is 1.25. The Balaban J connectivity index is 2.12. The molecule has 2 rings (SSSR count). The first-order valence-electron chi connectivity index (χ1n) is 5.27. The summed E-state index contributed by atoms with van der Waals surface area (Å²) in [6.07, 6.45) is 8.84. The summed E-state index contributed by atoms with van der Waals surface area (Å²) >= 11 is 3.33. The summed E-state index contributed by atoms with van der Waals surface area (Å²) in [4.78, 5) is 16.1. The lowest BCUT2D eigenvalue weighted by Gasteiger charge is -2.19. The Bertz CT molecular complexity index is 358. The first-order valence-corrected chi connectivity index (χ1v) is 6.06. The number of carbonyl (C=O) groups excluding carboxylic acids is 1. The molecule has 1 aromatic heterocycles. The van der Waals surface area contributed by atoms with E-state index in [-0.39, 0.29) is 5.78 Å². The molecule has 0 bridgehead atoms. The average Bonchev–Trinajstić information content (AvgIpc) is 2.29. The average molecular weight is 267 g/mol. The van der Waals surface area contributed by atoms with E-state index >= 15 is 0 Å². The van der Waals surface area contributed by atoms with Gasteiger partial charge >= 0.3 is 0 Å². The molecule has 1 fully saturated rings. The molecule has 0 saturated heterocycles. The fourth-order valence-electron chi connectivity index (χ4n) is 1.95. The van der Waals surface area contributed by atoms with Crippen LogP contribution in [0.25, 0.3) is 0 Å². The number of aromatic nitrogens is 1. The SMILES string of the molecule is O=C([C]1CCCCC1)c1cncc(Br)c1. The van der Waals surface area contributed by atoms with Crippen molar-refractivity contribution in [2.75, 3.05) is 0 Å². The van der Waals surface area contributed by atoms with E-state index in [1.165, 1.54) is 6.42 Å². The third-order valence-electron chi connectivity index (χ3n) is 2.75. The van der Waals surface area contributed by atoms with Crippen molar-refractivity contribution in [3.63, 3.8) is 0 Å². The predicted molar refractivity (Wildman–Crippen MR) is 62.6 cm³/mol. The van der Waals surface area contributed by atoms with Crippen LogP contribution in [0.1, 0.15) is 42.5 Å². The van der Waals surface area contributed by atoms with Crippen molar-refractivity contribution in [3.8, 4) is 0 Å². The van der Waals surface area contributed by atoms with Crippen LogP contribution in [0.15, 0.2) is 22.9 Å². The summed E-state index contributed by atoms with van der Waals surface area (Å²) in [6, 6.07) is 1.84. The normalized spacial score (nSPS) is 17.7. The van der Waals surface area contributed by atoms with Crippen LogP contribution in [0.4, 0.5) is 0 Å². The van der Waals surface area contributed by atoms with Crippen molar-refractivity contribution in [3.05, 3.63) is 34.4 Å². The van der Waals surface area contributed by atoms with Crippen LogP contribution in [0.5, 0.6) is 0 Å². The number of hydrogen-bond acceptors (Lipinski definition) is 2. The minimum Gasteiger partial charge on any atom is -0.293 e. The molecule has 0 aliphatic heterocycles. The van der Waals surface area contributed by atoms with E-state index in [0.29, 0.717) is 5.56 Å². The van der Waals surface area contributed by atoms with Gasteiger partial charge in [0, 0.05) is 28.3 Å². The summed E-state index contributed by atoms with van der Waals surface area (Å²) in [5, 5.41) is 0. The van der Waals surface area contributed by atoms with Gasteiger partial charge in [0.15, 0.2) is 5.78 Å². The van der Waals surface area contributed by atoms with Gasteiger partial charge in [0.05, 0.1) is 0 Å². The quantitative estimate of drug-likeness (QED) is 0.767. The second kappa shape index (κ2) is 4.88. The summed E-state index contributed by atoms with van der Waals surface area (Å²) in [7, 11) is 0. The van der Waals surface area contributed by atoms with Gasteiger partial charge in [0.2, 0.25) is 0 Å². The number of carbonyl (C=O) groups is 1. The minimum absolute atomic E-state index is 0.184. The third-order valence-corrected chi connectivity index (χ3v) is 3.18. The van der Waals surface area contributed by atoms with Gasteiger partial charge < -0.3 is 0 Å². The molecule has 1 aromatic rings. The largest absolute Gasteiger partial charge is 0.293 e. The van der Waals surface area contributed by atoms with Crippen molar-refractivity contribution in [1.29, 1.82) is 0 Å². The Morgan fingerprint density at radius 1 is 1.20 bits per heavy atom. The van der Waals surface area contributed by atoms with Gasteiger partial charge in [0.1, 0.15) is 0 Å². The lowest BCUT2D eigenvalue weighted by atomic mass is 9.84. The molecule has 2 nitrogen and oxygen atoms in total. The maximum atomic E-state index is 12.1. The first kappa shape index (κ1) is 10.8. The Morgan fingerprint density at radius 3 is 2.60 bits per heavy atom. The van der Waals surface area contributed by atoms with Gasteiger partial charge in [0.25, 0.3) is 0 Å². The molecular formula is C12H13BrNO. The van der Waals surface area contributed by atoms with Crippen LogP contribution in [0, 0.1) is 5.92 Å². The van der Waals surface area contributed by atoms with Crippen LogP contribution < -0.4 is 0 Å².